The fourth-order valence-electron chi connectivity index (χ4n) is 4.81. The van der Waals surface area contributed by atoms with Gasteiger partial charge < -0.3 is 9.84 Å². The van der Waals surface area contributed by atoms with E-state index in [1.165, 1.54) is 15.9 Å². The maximum atomic E-state index is 13.4. The summed E-state index contributed by atoms with van der Waals surface area (Å²) in [6.07, 6.45) is 3.99. The molecule has 2 atom stereocenters. The summed E-state index contributed by atoms with van der Waals surface area (Å²) in [5, 5.41) is 10.4. The lowest BCUT2D eigenvalue weighted by Crippen LogP contribution is -2.46. The van der Waals surface area contributed by atoms with Crippen molar-refractivity contribution in [2.45, 2.75) is 57.0 Å². The molecule has 1 aliphatic heterocycles. The standard InChI is InChI=1S/C24H29NO4S/c1-15-6-9-18(10-7-15)30(27,28)25(5)21-13-17(26)14-22-23(21)19-12-16(2)8-11-20(19)24(3,4)29-22/h6-10,13-14,19-20,26H,11-12H2,1-5H3. The number of hydrogen-bond donors (Lipinski definition) is 1. The van der Waals surface area contributed by atoms with Gasteiger partial charge in [0.2, 0.25) is 0 Å². The number of anilines is 1. The molecule has 2 aromatic carbocycles. The first-order chi connectivity index (χ1) is 14.0. The maximum Gasteiger partial charge on any atom is 0.264 e. The van der Waals surface area contributed by atoms with Crippen LogP contribution >= 0.6 is 0 Å². The predicted octanol–water partition coefficient (Wildman–Crippen LogP) is 5.14. The van der Waals surface area contributed by atoms with E-state index in [1.54, 1.807) is 37.4 Å². The molecule has 0 spiro atoms. The number of fused-ring (bicyclic) bond motifs is 3. The van der Waals surface area contributed by atoms with Gasteiger partial charge in [0.05, 0.1) is 10.6 Å². The third kappa shape index (κ3) is 3.37. The third-order valence-corrected chi connectivity index (χ3v) is 8.29. The number of phenols is 1. The number of hydrogen-bond acceptors (Lipinski definition) is 4. The Labute approximate surface area is 179 Å². The van der Waals surface area contributed by atoms with Gasteiger partial charge in [-0.1, -0.05) is 29.3 Å². The van der Waals surface area contributed by atoms with E-state index in [9.17, 15) is 13.5 Å². The van der Waals surface area contributed by atoms with Crippen molar-refractivity contribution in [1.29, 1.82) is 0 Å². The van der Waals surface area contributed by atoms with Crippen molar-refractivity contribution in [3.63, 3.8) is 0 Å². The summed E-state index contributed by atoms with van der Waals surface area (Å²) >= 11 is 0. The lowest BCUT2D eigenvalue weighted by Gasteiger charge is -2.47. The Kier molecular flexibility index (Phi) is 4.88. The molecule has 0 bridgehead atoms. The number of phenolic OH excluding ortho intramolecular Hbond substituents is 1. The molecule has 0 fully saturated rings. The molecule has 2 aliphatic rings. The Bertz CT molecular complexity index is 1120. The number of allylic oxidation sites excluding steroid dienone is 2. The van der Waals surface area contributed by atoms with Crippen molar-refractivity contribution in [1.82, 2.24) is 0 Å². The number of rotatable bonds is 3. The van der Waals surface area contributed by atoms with E-state index in [-0.39, 0.29) is 22.5 Å². The number of benzene rings is 2. The number of aromatic hydroxyl groups is 1. The van der Waals surface area contributed by atoms with E-state index in [2.05, 4.69) is 26.8 Å². The van der Waals surface area contributed by atoms with E-state index >= 15 is 0 Å². The van der Waals surface area contributed by atoms with Gasteiger partial charge in [-0.3, -0.25) is 4.31 Å². The van der Waals surface area contributed by atoms with Gasteiger partial charge in [-0.05, 0) is 52.7 Å². The normalized spacial score (nSPS) is 22.4. The zero-order valence-corrected chi connectivity index (χ0v) is 19.0. The van der Waals surface area contributed by atoms with Crippen LogP contribution in [-0.4, -0.2) is 26.2 Å². The Morgan fingerprint density at radius 2 is 1.80 bits per heavy atom. The number of aryl methyl sites for hydroxylation is 1. The SMILES string of the molecule is CC1=CCC2C(C1)c1c(cc(O)cc1N(C)S(=O)(=O)c1ccc(C)cc1)OC2(C)C. The van der Waals surface area contributed by atoms with Crippen LogP contribution in [0.1, 0.15) is 50.7 Å². The maximum absolute atomic E-state index is 13.4. The number of sulfonamides is 1. The molecule has 1 N–H and O–H groups in total. The highest BCUT2D eigenvalue weighted by Gasteiger charge is 2.46. The molecule has 0 saturated heterocycles. The molecule has 0 amide bonds. The van der Waals surface area contributed by atoms with Gasteiger partial charge >= 0.3 is 0 Å². The zero-order chi connectivity index (χ0) is 21.8. The van der Waals surface area contributed by atoms with Crippen LogP contribution in [0.15, 0.2) is 52.9 Å². The van der Waals surface area contributed by atoms with E-state index in [0.717, 1.165) is 24.0 Å². The Balaban J connectivity index is 1.87. The third-order valence-electron chi connectivity index (χ3n) is 6.51. The highest BCUT2D eigenvalue weighted by Crippen LogP contribution is 2.55. The number of ether oxygens (including phenoxy) is 1. The molecule has 6 heteroatoms. The monoisotopic (exact) mass is 427 g/mol. The van der Waals surface area contributed by atoms with Crippen molar-refractivity contribution in [2.75, 3.05) is 11.4 Å². The van der Waals surface area contributed by atoms with Crippen molar-refractivity contribution >= 4 is 15.7 Å². The highest BCUT2D eigenvalue weighted by molar-refractivity contribution is 7.92. The minimum absolute atomic E-state index is 0.00738. The van der Waals surface area contributed by atoms with E-state index < -0.39 is 15.6 Å². The minimum Gasteiger partial charge on any atom is -0.508 e. The van der Waals surface area contributed by atoms with Crippen LogP contribution in [0.25, 0.3) is 0 Å². The summed E-state index contributed by atoms with van der Waals surface area (Å²) in [5.74, 6) is 0.913. The Hall–Kier alpha value is -2.47. The molecule has 2 unspecified atom stereocenters. The second-order valence-electron chi connectivity index (χ2n) is 9.07. The first-order valence-corrected chi connectivity index (χ1v) is 11.7. The van der Waals surface area contributed by atoms with E-state index in [4.69, 9.17) is 4.74 Å². The lowest BCUT2D eigenvalue weighted by atomic mass is 9.67. The predicted molar refractivity (Wildman–Crippen MR) is 119 cm³/mol. The van der Waals surface area contributed by atoms with Crippen LogP contribution in [0.3, 0.4) is 0 Å². The quantitative estimate of drug-likeness (QED) is 0.689. The summed E-state index contributed by atoms with van der Waals surface area (Å²) in [6.45, 7) is 8.17. The summed E-state index contributed by atoms with van der Waals surface area (Å²) in [6, 6.07) is 9.96. The highest BCUT2D eigenvalue weighted by atomic mass is 32.2. The average molecular weight is 428 g/mol. The largest absolute Gasteiger partial charge is 0.508 e. The molecular weight excluding hydrogens is 398 g/mol. The summed E-state index contributed by atoms with van der Waals surface area (Å²) < 4.78 is 34.4. The first kappa shape index (κ1) is 20.8. The van der Waals surface area contributed by atoms with Crippen molar-refractivity contribution in [3.05, 3.63) is 59.2 Å². The summed E-state index contributed by atoms with van der Waals surface area (Å²) in [4.78, 5) is 0.223. The van der Waals surface area contributed by atoms with Gasteiger partial charge in [-0.15, -0.1) is 0 Å². The molecule has 1 aliphatic carbocycles. The molecule has 5 nitrogen and oxygen atoms in total. The smallest absolute Gasteiger partial charge is 0.264 e. The number of nitrogens with zero attached hydrogens (tertiary/aromatic N) is 1. The molecule has 4 rings (SSSR count). The van der Waals surface area contributed by atoms with E-state index in [0.29, 0.717) is 11.4 Å². The molecule has 1 heterocycles. The molecule has 0 radical (unpaired) electrons. The van der Waals surface area contributed by atoms with Crippen LogP contribution < -0.4 is 9.04 Å². The van der Waals surface area contributed by atoms with Crippen LogP contribution in [0.5, 0.6) is 11.5 Å². The van der Waals surface area contributed by atoms with Gasteiger partial charge in [-0.25, -0.2) is 8.42 Å². The zero-order valence-electron chi connectivity index (χ0n) is 18.1. The molecule has 30 heavy (non-hydrogen) atoms. The fourth-order valence-corrected chi connectivity index (χ4v) is 6.02. The van der Waals surface area contributed by atoms with E-state index in [1.807, 2.05) is 6.92 Å². The van der Waals surface area contributed by atoms with Crippen LogP contribution in [0, 0.1) is 12.8 Å². The first-order valence-electron chi connectivity index (χ1n) is 10.3. The average Bonchev–Trinajstić information content (AvgIpc) is 2.66. The van der Waals surface area contributed by atoms with Crippen molar-refractivity contribution in [3.8, 4) is 11.5 Å². The van der Waals surface area contributed by atoms with Crippen LogP contribution in [0.2, 0.25) is 0 Å². The van der Waals surface area contributed by atoms with Crippen molar-refractivity contribution in [2.24, 2.45) is 5.92 Å². The van der Waals surface area contributed by atoms with Crippen LogP contribution in [0.4, 0.5) is 5.69 Å². The summed E-state index contributed by atoms with van der Waals surface area (Å²) in [7, 11) is -2.24. The molecular formula is C24H29NO4S. The van der Waals surface area contributed by atoms with Crippen molar-refractivity contribution < 1.29 is 18.3 Å². The van der Waals surface area contributed by atoms with Gasteiger partial charge in [0.25, 0.3) is 10.0 Å². The Morgan fingerprint density at radius 3 is 2.47 bits per heavy atom. The second-order valence-corrected chi connectivity index (χ2v) is 11.0. The molecule has 0 saturated carbocycles. The second kappa shape index (κ2) is 7.05. The van der Waals surface area contributed by atoms with Gasteiger partial charge in [0, 0.05) is 36.6 Å². The molecule has 2 aromatic rings. The van der Waals surface area contributed by atoms with Gasteiger partial charge in [0.1, 0.15) is 17.1 Å². The van der Waals surface area contributed by atoms with Crippen LogP contribution in [-0.2, 0) is 10.0 Å². The lowest BCUT2D eigenvalue weighted by molar-refractivity contribution is 0.00865. The van der Waals surface area contributed by atoms with Gasteiger partial charge in [-0.2, -0.15) is 0 Å². The molecule has 160 valence electrons. The fraction of sp³-hybridized carbons (Fsp3) is 0.417. The Morgan fingerprint density at radius 1 is 1.13 bits per heavy atom. The van der Waals surface area contributed by atoms with Gasteiger partial charge in [0.15, 0.2) is 0 Å². The minimum atomic E-state index is -3.79. The topological polar surface area (TPSA) is 66.8 Å². The summed E-state index contributed by atoms with van der Waals surface area (Å²) in [5.41, 5.74) is 3.22. The molecule has 0 aromatic heterocycles.